The second kappa shape index (κ2) is 10.8. The van der Waals surface area contributed by atoms with Gasteiger partial charge in [-0.2, -0.15) is 14.6 Å². The maximum Gasteiger partial charge on any atom is 0.230 e. The first-order chi connectivity index (χ1) is 18.3. The van der Waals surface area contributed by atoms with E-state index >= 15 is 0 Å². The van der Waals surface area contributed by atoms with Crippen LogP contribution in [0.15, 0.2) is 48.8 Å². The van der Waals surface area contributed by atoms with E-state index in [1.54, 1.807) is 28.8 Å². The third-order valence-electron chi connectivity index (χ3n) is 6.54. The van der Waals surface area contributed by atoms with E-state index in [4.69, 9.17) is 10.00 Å². The highest BCUT2D eigenvalue weighted by Gasteiger charge is 2.41. The lowest BCUT2D eigenvalue weighted by Crippen LogP contribution is -2.49. The van der Waals surface area contributed by atoms with Crippen molar-refractivity contribution >= 4 is 33.6 Å². The number of nitriles is 1. The van der Waals surface area contributed by atoms with Crippen molar-refractivity contribution < 1.29 is 13.2 Å². The number of piperazine rings is 1. The van der Waals surface area contributed by atoms with Gasteiger partial charge in [0.15, 0.2) is 0 Å². The van der Waals surface area contributed by atoms with Crippen molar-refractivity contribution in [3.05, 3.63) is 65.5 Å². The monoisotopic (exact) mass is 531 g/mol. The van der Waals surface area contributed by atoms with E-state index < -0.39 is 10.0 Å². The number of aromatic nitrogens is 3. The number of aryl methyl sites for hydroxylation is 2. The first kappa shape index (κ1) is 25.6. The quantitative estimate of drug-likeness (QED) is 0.426. The summed E-state index contributed by atoms with van der Waals surface area (Å²) in [6.07, 6.45) is 8.10. The Kier molecular flexibility index (Phi) is 7.26. The molecule has 196 valence electrons. The number of hydrogen-bond acceptors (Lipinski definition) is 9. The standard InChI is InChI=1S/C27H29N7O3S/c1-19-16-21(4-3-10-28)17-20(2)26(19)37-25-9-11-29-27(32-25)31-22-5-8-24(30-18-22)33-12-14-34(15-13-33)38(35,36)23-6-7-23/h3-5,8-9,11,16-18,23H,6-7,12-15H2,1-2H3,(H,29,31,32)/b4-3+. The molecule has 11 heteroatoms. The number of rotatable bonds is 8. The molecule has 2 aromatic heterocycles. The fourth-order valence-corrected chi connectivity index (χ4v) is 6.29. The van der Waals surface area contributed by atoms with Crippen LogP contribution in [0.4, 0.5) is 17.5 Å². The van der Waals surface area contributed by atoms with Crippen LogP contribution in [0, 0.1) is 25.2 Å². The molecule has 38 heavy (non-hydrogen) atoms. The molecule has 1 aromatic carbocycles. The predicted molar refractivity (Wildman–Crippen MR) is 146 cm³/mol. The van der Waals surface area contributed by atoms with Gasteiger partial charge in [0.2, 0.25) is 21.9 Å². The molecule has 2 aliphatic rings. The summed E-state index contributed by atoms with van der Waals surface area (Å²) in [5.74, 6) is 2.29. The predicted octanol–water partition coefficient (Wildman–Crippen LogP) is 4.18. The minimum absolute atomic E-state index is 0.171. The Labute approximate surface area is 222 Å². The normalized spacial score (nSPS) is 16.4. The second-order valence-corrected chi connectivity index (χ2v) is 11.6. The molecule has 3 aromatic rings. The Morgan fingerprint density at radius 1 is 1.08 bits per heavy atom. The zero-order valence-electron chi connectivity index (χ0n) is 21.3. The zero-order valence-corrected chi connectivity index (χ0v) is 22.1. The van der Waals surface area contributed by atoms with Crippen molar-refractivity contribution in [2.45, 2.75) is 31.9 Å². The van der Waals surface area contributed by atoms with Crippen molar-refractivity contribution in [1.29, 1.82) is 5.26 Å². The molecule has 0 amide bonds. The summed E-state index contributed by atoms with van der Waals surface area (Å²) in [5, 5.41) is 11.7. The van der Waals surface area contributed by atoms with E-state index in [2.05, 4.69) is 25.2 Å². The number of pyridine rings is 1. The number of allylic oxidation sites excluding steroid dienone is 1. The molecular weight excluding hydrogens is 502 g/mol. The lowest BCUT2D eigenvalue weighted by atomic mass is 10.1. The molecule has 0 radical (unpaired) electrons. The molecular formula is C27H29N7O3S. The summed E-state index contributed by atoms with van der Waals surface area (Å²) in [5.41, 5.74) is 3.52. The highest BCUT2D eigenvalue weighted by molar-refractivity contribution is 7.90. The minimum Gasteiger partial charge on any atom is -0.438 e. The van der Waals surface area contributed by atoms with E-state index in [0.29, 0.717) is 43.8 Å². The van der Waals surface area contributed by atoms with Crippen LogP contribution in [0.25, 0.3) is 6.08 Å². The molecule has 1 saturated heterocycles. The van der Waals surface area contributed by atoms with Gasteiger partial charge in [-0.3, -0.25) is 0 Å². The molecule has 0 bridgehead atoms. The fraction of sp³-hybridized carbons (Fsp3) is 0.333. The van der Waals surface area contributed by atoms with E-state index in [-0.39, 0.29) is 5.25 Å². The van der Waals surface area contributed by atoms with E-state index in [0.717, 1.165) is 41.0 Å². The van der Waals surface area contributed by atoms with Gasteiger partial charge in [-0.05, 0) is 73.7 Å². The topological polar surface area (TPSA) is 124 Å². The van der Waals surface area contributed by atoms with Crippen LogP contribution in [0.2, 0.25) is 0 Å². The van der Waals surface area contributed by atoms with Crippen LogP contribution in [-0.2, 0) is 10.0 Å². The third kappa shape index (κ3) is 5.77. The van der Waals surface area contributed by atoms with Gasteiger partial charge in [0.1, 0.15) is 11.6 Å². The van der Waals surface area contributed by atoms with Crippen LogP contribution < -0.4 is 15.0 Å². The number of hydrogen-bond donors (Lipinski definition) is 1. The maximum absolute atomic E-state index is 12.5. The SMILES string of the molecule is Cc1cc(/C=C/C#N)cc(C)c1Oc1ccnc(Nc2ccc(N3CCN(S(=O)(=O)C4CC4)CC3)nc2)n1. The fourth-order valence-electron chi connectivity index (χ4n) is 4.46. The van der Waals surface area contributed by atoms with Gasteiger partial charge in [-0.1, -0.05) is 0 Å². The Morgan fingerprint density at radius 2 is 1.82 bits per heavy atom. The first-order valence-electron chi connectivity index (χ1n) is 12.5. The average Bonchev–Trinajstić information content (AvgIpc) is 3.77. The first-order valence-corrected chi connectivity index (χ1v) is 14.0. The molecule has 1 aliphatic heterocycles. The zero-order chi connectivity index (χ0) is 26.7. The highest BCUT2D eigenvalue weighted by atomic mass is 32.2. The molecule has 1 N–H and O–H groups in total. The third-order valence-corrected chi connectivity index (χ3v) is 8.94. The molecule has 5 rings (SSSR count). The summed E-state index contributed by atoms with van der Waals surface area (Å²) >= 11 is 0. The number of nitrogens with one attached hydrogen (secondary N) is 1. The van der Waals surface area contributed by atoms with Gasteiger partial charge in [-0.25, -0.2) is 18.4 Å². The van der Waals surface area contributed by atoms with E-state index in [1.165, 1.54) is 6.08 Å². The van der Waals surface area contributed by atoms with Crippen LogP contribution in [-0.4, -0.2) is 59.1 Å². The number of sulfonamides is 1. The molecule has 0 spiro atoms. The Balaban J connectivity index is 1.21. The lowest BCUT2D eigenvalue weighted by molar-refractivity contribution is 0.383. The summed E-state index contributed by atoms with van der Waals surface area (Å²) in [6, 6.07) is 11.4. The summed E-state index contributed by atoms with van der Waals surface area (Å²) in [4.78, 5) is 15.4. The summed E-state index contributed by atoms with van der Waals surface area (Å²) < 4.78 is 32.6. The van der Waals surface area contributed by atoms with Crippen LogP contribution in [0.3, 0.4) is 0 Å². The minimum atomic E-state index is -3.13. The molecule has 10 nitrogen and oxygen atoms in total. The van der Waals surface area contributed by atoms with Gasteiger partial charge >= 0.3 is 0 Å². The maximum atomic E-state index is 12.5. The van der Waals surface area contributed by atoms with Crippen molar-refractivity contribution in [2.75, 3.05) is 36.4 Å². The van der Waals surface area contributed by atoms with Gasteiger partial charge < -0.3 is 15.0 Å². The molecule has 1 aliphatic carbocycles. The summed E-state index contributed by atoms with van der Waals surface area (Å²) in [7, 11) is -3.13. The van der Waals surface area contributed by atoms with Crippen molar-refractivity contribution in [3.63, 3.8) is 0 Å². The lowest BCUT2D eigenvalue weighted by Gasteiger charge is -2.34. The smallest absolute Gasteiger partial charge is 0.230 e. The Hall–Kier alpha value is -4.01. The molecule has 1 saturated carbocycles. The van der Waals surface area contributed by atoms with Crippen LogP contribution in [0.5, 0.6) is 11.6 Å². The molecule has 0 unspecified atom stereocenters. The van der Waals surface area contributed by atoms with Crippen molar-refractivity contribution in [2.24, 2.45) is 0 Å². The molecule has 2 fully saturated rings. The number of ether oxygens (including phenoxy) is 1. The average molecular weight is 532 g/mol. The summed E-state index contributed by atoms with van der Waals surface area (Å²) in [6.45, 7) is 6.10. The number of nitrogens with zero attached hydrogens (tertiary/aromatic N) is 6. The largest absolute Gasteiger partial charge is 0.438 e. The second-order valence-electron chi connectivity index (χ2n) is 9.43. The van der Waals surface area contributed by atoms with E-state index in [9.17, 15) is 8.42 Å². The Bertz CT molecular complexity index is 1460. The number of benzene rings is 1. The van der Waals surface area contributed by atoms with Gasteiger partial charge in [0.25, 0.3) is 0 Å². The van der Waals surface area contributed by atoms with Gasteiger partial charge in [0, 0.05) is 44.5 Å². The van der Waals surface area contributed by atoms with Gasteiger partial charge in [-0.15, -0.1) is 0 Å². The van der Waals surface area contributed by atoms with Crippen molar-refractivity contribution in [1.82, 2.24) is 19.3 Å². The van der Waals surface area contributed by atoms with Crippen molar-refractivity contribution in [3.8, 4) is 17.7 Å². The number of anilines is 3. The van der Waals surface area contributed by atoms with Crippen LogP contribution >= 0.6 is 0 Å². The van der Waals surface area contributed by atoms with Gasteiger partial charge in [0.05, 0.1) is 23.2 Å². The Morgan fingerprint density at radius 3 is 2.45 bits per heavy atom. The van der Waals surface area contributed by atoms with Crippen LogP contribution in [0.1, 0.15) is 29.5 Å². The molecule has 3 heterocycles. The van der Waals surface area contributed by atoms with E-state index in [1.807, 2.05) is 44.2 Å². The highest BCUT2D eigenvalue weighted by Crippen LogP contribution is 2.32. The molecule has 0 atom stereocenters.